The van der Waals surface area contributed by atoms with Gasteiger partial charge in [0.1, 0.15) is 5.03 Å². The van der Waals surface area contributed by atoms with Crippen molar-refractivity contribution in [2.45, 2.75) is 5.03 Å². The topological polar surface area (TPSA) is 67.2 Å². The highest BCUT2D eigenvalue weighted by Crippen LogP contribution is 2.29. The minimum atomic E-state index is -0.467. The second-order valence-corrected chi connectivity index (χ2v) is 7.15. The molecule has 1 amide bonds. The van der Waals surface area contributed by atoms with Crippen molar-refractivity contribution in [1.82, 2.24) is 20.0 Å². The van der Waals surface area contributed by atoms with Gasteiger partial charge in [-0.1, -0.05) is 18.2 Å². The van der Waals surface area contributed by atoms with Crippen molar-refractivity contribution in [3.8, 4) is 5.69 Å². The molecule has 1 aromatic heterocycles. The lowest BCUT2D eigenvalue weighted by molar-refractivity contribution is -0.126. The number of aromatic nitrogens is 2. The molecule has 138 valence electrons. The molecule has 0 aliphatic carbocycles. The molecule has 0 unspecified atom stereocenters. The van der Waals surface area contributed by atoms with Gasteiger partial charge in [-0.25, -0.2) is 4.68 Å². The average molecular weight is 380 g/mol. The Morgan fingerprint density at radius 2 is 1.81 bits per heavy atom. The molecule has 0 atom stereocenters. The van der Waals surface area contributed by atoms with Crippen LogP contribution in [0.2, 0.25) is 0 Å². The molecule has 1 fully saturated rings. The van der Waals surface area contributed by atoms with Gasteiger partial charge in [-0.05, 0) is 36.6 Å². The number of thioether (sulfide) groups is 1. The van der Waals surface area contributed by atoms with Crippen molar-refractivity contribution in [1.29, 1.82) is 0 Å². The first-order valence-corrected chi connectivity index (χ1v) is 10.1. The molecule has 6 nitrogen and oxygen atoms in total. The lowest BCUT2D eigenvalue weighted by atomic mass is 10.1. The first-order valence-electron chi connectivity index (χ1n) is 8.85. The highest BCUT2D eigenvalue weighted by atomic mass is 32.2. The molecule has 0 radical (unpaired) electrons. The summed E-state index contributed by atoms with van der Waals surface area (Å²) in [6, 6.07) is 15.2. The van der Waals surface area contributed by atoms with Crippen molar-refractivity contribution >= 4 is 34.4 Å². The van der Waals surface area contributed by atoms with Crippen LogP contribution in [0.1, 0.15) is 10.4 Å². The molecule has 0 saturated carbocycles. The van der Waals surface area contributed by atoms with Crippen molar-refractivity contribution in [2.75, 3.05) is 32.4 Å². The van der Waals surface area contributed by atoms with E-state index in [0.717, 1.165) is 34.7 Å². The summed E-state index contributed by atoms with van der Waals surface area (Å²) < 4.78 is 1.83. The standard InChI is InChI=1S/C20H20N4O2S/c1-27-19-16-8-7-14(18(25)20(26)23-11-9-21-10-12-23)13-17(16)24(22-19)15-5-3-2-4-6-15/h2-8,13,21H,9-12H2,1H3. The molecular formula is C20H20N4O2S. The van der Waals surface area contributed by atoms with Crippen LogP contribution in [-0.4, -0.2) is 58.8 Å². The number of piperazine rings is 1. The van der Waals surface area contributed by atoms with Gasteiger partial charge in [-0.3, -0.25) is 9.59 Å². The number of amides is 1. The van der Waals surface area contributed by atoms with Crippen molar-refractivity contribution in [3.63, 3.8) is 0 Å². The molecule has 2 aromatic carbocycles. The molecule has 1 saturated heterocycles. The third-order valence-corrected chi connectivity index (χ3v) is 5.39. The Hall–Kier alpha value is -2.64. The Labute approximate surface area is 161 Å². The molecule has 3 aromatic rings. The van der Waals surface area contributed by atoms with Crippen LogP contribution in [0.4, 0.5) is 0 Å². The summed E-state index contributed by atoms with van der Waals surface area (Å²) in [4.78, 5) is 27.0. The van der Waals surface area contributed by atoms with Crippen molar-refractivity contribution in [3.05, 3.63) is 54.1 Å². The van der Waals surface area contributed by atoms with Crippen LogP contribution in [0, 0.1) is 0 Å². The number of fused-ring (bicyclic) bond motifs is 1. The van der Waals surface area contributed by atoms with Crippen LogP contribution < -0.4 is 5.32 Å². The number of rotatable bonds is 4. The van der Waals surface area contributed by atoms with E-state index in [-0.39, 0.29) is 0 Å². The Morgan fingerprint density at radius 1 is 1.07 bits per heavy atom. The fourth-order valence-electron chi connectivity index (χ4n) is 3.28. The first-order chi connectivity index (χ1) is 13.2. The van der Waals surface area contributed by atoms with Gasteiger partial charge in [-0.15, -0.1) is 11.8 Å². The summed E-state index contributed by atoms with van der Waals surface area (Å²) in [6.07, 6.45) is 1.98. The summed E-state index contributed by atoms with van der Waals surface area (Å²) in [5.41, 5.74) is 2.14. The Kier molecular flexibility index (Phi) is 4.96. The van der Waals surface area contributed by atoms with E-state index in [9.17, 15) is 9.59 Å². The maximum Gasteiger partial charge on any atom is 0.295 e. The summed E-state index contributed by atoms with van der Waals surface area (Å²) in [6.45, 7) is 2.56. The number of hydrogen-bond donors (Lipinski definition) is 1. The van der Waals surface area contributed by atoms with Crippen LogP contribution in [0.5, 0.6) is 0 Å². The SMILES string of the molecule is CSc1nn(-c2ccccc2)c2cc(C(=O)C(=O)N3CCNCC3)ccc12. The molecule has 27 heavy (non-hydrogen) atoms. The summed E-state index contributed by atoms with van der Waals surface area (Å²) in [5, 5.41) is 9.73. The summed E-state index contributed by atoms with van der Waals surface area (Å²) >= 11 is 1.56. The number of nitrogens with zero attached hydrogens (tertiary/aromatic N) is 3. The summed E-state index contributed by atoms with van der Waals surface area (Å²) in [7, 11) is 0. The lowest BCUT2D eigenvalue weighted by Crippen LogP contribution is -2.48. The highest BCUT2D eigenvalue weighted by Gasteiger charge is 2.25. The average Bonchev–Trinajstić information content (AvgIpc) is 3.12. The molecule has 1 aliphatic heterocycles. The van der Waals surface area contributed by atoms with Gasteiger partial charge in [0.05, 0.1) is 11.2 Å². The van der Waals surface area contributed by atoms with Crippen LogP contribution >= 0.6 is 11.8 Å². The third kappa shape index (κ3) is 3.36. The molecule has 1 aliphatic rings. The molecule has 4 rings (SSSR count). The van der Waals surface area contributed by atoms with Gasteiger partial charge < -0.3 is 10.2 Å². The van der Waals surface area contributed by atoms with E-state index in [1.807, 2.05) is 47.3 Å². The zero-order valence-electron chi connectivity index (χ0n) is 15.0. The van der Waals surface area contributed by atoms with Gasteiger partial charge in [0.25, 0.3) is 5.91 Å². The van der Waals surface area contributed by atoms with E-state index >= 15 is 0 Å². The van der Waals surface area contributed by atoms with E-state index in [2.05, 4.69) is 10.4 Å². The van der Waals surface area contributed by atoms with Gasteiger partial charge in [-0.2, -0.15) is 5.10 Å². The number of carbonyl (C=O) groups is 2. The van der Waals surface area contributed by atoms with Crippen molar-refractivity contribution in [2.24, 2.45) is 0 Å². The Morgan fingerprint density at radius 3 is 2.52 bits per heavy atom. The number of nitrogens with one attached hydrogen (secondary N) is 1. The lowest BCUT2D eigenvalue weighted by Gasteiger charge is -2.26. The number of carbonyl (C=O) groups excluding carboxylic acids is 2. The Balaban J connectivity index is 1.75. The number of benzene rings is 2. The zero-order valence-corrected chi connectivity index (χ0v) is 15.8. The van der Waals surface area contributed by atoms with E-state index in [1.165, 1.54) is 0 Å². The predicted molar refractivity (Wildman–Crippen MR) is 107 cm³/mol. The number of hydrogen-bond acceptors (Lipinski definition) is 5. The van der Waals surface area contributed by atoms with Gasteiger partial charge >= 0.3 is 0 Å². The zero-order chi connectivity index (χ0) is 18.8. The fraction of sp³-hybridized carbons (Fsp3) is 0.250. The van der Waals surface area contributed by atoms with Crippen LogP contribution in [0.25, 0.3) is 16.6 Å². The highest BCUT2D eigenvalue weighted by molar-refractivity contribution is 7.98. The van der Waals surface area contributed by atoms with Crippen molar-refractivity contribution < 1.29 is 9.59 Å². The number of para-hydroxylation sites is 1. The summed E-state index contributed by atoms with van der Waals surface area (Å²) in [5.74, 6) is -0.906. The molecule has 0 spiro atoms. The third-order valence-electron chi connectivity index (χ3n) is 4.70. The van der Waals surface area contributed by atoms with E-state index < -0.39 is 11.7 Å². The van der Waals surface area contributed by atoms with Crippen LogP contribution in [-0.2, 0) is 4.79 Å². The largest absolute Gasteiger partial charge is 0.333 e. The van der Waals surface area contributed by atoms with Gasteiger partial charge in [0.15, 0.2) is 0 Å². The van der Waals surface area contributed by atoms with Gasteiger partial charge in [0.2, 0.25) is 5.78 Å². The normalized spacial score (nSPS) is 14.5. The second kappa shape index (κ2) is 7.54. The first kappa shape index (κ1) is 17.8. The molecule has 0 bridgehead atoms. The van der Waals surface area contributed by atoms with Crippen LogP contribution in [0.3, 0.4) is 0 Å². The number of ketones is 1. The van der Waals surface area contributed by atoms with Crippen LogP contribution in [0.15, 0.2) is 53.6 Å². The van der Waals surface area contributed by atoms with E-state index in [1.54, 1.807) is 28.8 Å². The monoisotopic (exact) mass is 380 g/mol. The fourth-order valence-corrected chi connectivity index (χ4v) is 3.84. The minimum Gasteiger partial charge on any atom is -0.333 e. The number of Topliss-reactive ketones (excluding diaryl/α,β-unsaturated/α-hetero) is 1. The van der Waals surface area contributed by atoms with Gasteiger partial charge in [0, 0.05) is 37.1 Å². The van der Waals surface area contributed by atoms with E-state index in [0.29, 0.717) is 18.7 Å². The predicted octanol–water partition coefficient (Wildman–Crippen LogP) is 2.36. The second-order valence-electron chi connectivity index (χ2n) is 6.36. The quantitative estimate of drug-likeness (QED) is 0.428. The maximum atomic E-state index is 12.8. The van der Waals surface area contributed by atoms with E-state index in [4.69, 9.17) is 0 Å². The smallest absolute Gasteiger partial charge is 0.295 e. The molecule has 7 heteroatoms. The maximum absolute atomic E-state index is 12.8. The molecule has 1 N–H and O–H groups in total. The molecule has 2 heterocycles. The molecular weight excluding hydrogens is 360 g/mol. The minimum absolute atomic E-state index is 0.399. The Bertz CT molecular complexity index is 994.